The molecule has 0 aliphatic rings. The third-order valence-corrected chi connectivity index (χ3v) is 2.77. The van der Waals surface area contributed by atoms with Gasteiger partial charge in [-0.3, -0.25) is 25.8 Å². The van der Waals surface area contributed by atoms with Crippen LogP contribution in [0.3, 0.4) is 0 Å². The zero-order chi connectivity index (χ0) is 14.5. The van der Waals surface area contributed by atoms with Gasteiger partial charge in [-0.1, -0.05) is 23.7 Å². The second-order valence-corrected chi connectivity index (χ2v) is 4.30. The van der Waals surface area contributed by atoms with Crippen molar-refractivity contribution < 1.29 is 9.72 Å². The molecule has 0 fully saturated rings. The fourth-order valence-electron chi connectivity index (χ4n) is 1.54. The number of hydrogen-bond donors (Lipinski definition) is 2. The van der Waals surface area contributed by atoms with Crippen LogP contribution in [-0.2, 0) is 0 Å². The Bertz CT molecular complexity index is 644. The van der Waals surface area contributed by atoms with Gasteiger partial charge in [-0.05, 0) is 30.3 Å². The van der Waals surface area contributed by atoms with E-state index in [1.54, 1.807) is 36.4 Å². The topological polar surface area (TPSA) is 84.3 Å². The summed E-state index contributed by atoms with van der Waals surface area (Å²) in [5, 5.41) is 11.3. The number of benzene rings is 2. The standard InChI is InChI=1S/C13H10ClN3O3/c14-10-7-5-9(6-8-10)13(18)16-15-11-3-1-2-4-12(11)17(19)20/h1-8,15H,(H,16,18). The van der Waals surface area contributed by atoms with Crippen molar-refractivity contribution in [1.82, 2.24) is 5.43 Å². The number of anilines is 1. The van der Waals surface area contributed by atoms with Gasteiger partial charge in [0.05, 0.1) is 4.92 Å². The fraction of sp³-hybridized carbons (Fsp3) is 0. The molecule has 0 heterocycles. The summed E-state index contributed by atoms with van der Waals surface area (Å²) in [7, 11) is 0. The number of nitro groups is 1. The van der Waals surface area contributed by atoms with Crippen LogP contribution in [0, 0.1) is 10.1 Å². The molecule has 102 valence electrons. The van der Waals surface area contributed by atoms with Crippen molar-refractivity contribution in [3.8, 4) is 0 Å². The summed E-state index contributed by atoms with van der Waals surface area (Å²) in [5.74, 6) is -0.417. The van der Waals surface area contributed by atoms with Crippen LogP contribution < -0.4 is 10.9 Å². The van der Waals surface area contributed by atoms with Crippen LogP contribution in [0.5, 0.6) is 0 Å². The lowest BCUT2D eigenvalue weighted by atomic mass is 10.2. The van der Waals surface area contributed by atoms with E-state index in [4.69, 9.17) is 11.6 Å². The van der Waals surface area contributed by atoms with Crippen molar-refractivity contribution in [3.05, 3.63) is 69.2 Å². The van der Waals surface area contributed by atoms with E-state index in [-0.39, 0.29) is 11.4 Å². The molecule has 0 aromatic heterocycles. The van der Waals surface area contributed by atoms with Crippen LogP contribution in [0.2, 0.25) is 5.02 Å². The second kappa shape index (κ2) is 6.03. The summed E-state index contributed by atoms with van der Waals surface area (Å²) in [6.45, 7) is 0. The van der Waals surface area contributed by atoms with E-state index in [2.05, 4.69) is 10.9 Å². The summed E-state index contributed by atoms with van der Waals surface area (Å²) in [5.41, 5.74) is 5.40. The quantitative estimate of drug-likeness (QED) is 0.670. The molecule has 0 aliphatic carbocycles. The van der Waals surface area contributed by atoms with Gasteiger partial charge in [0, 0.05) is 16.7 Å². The van der Waals surface area contributed by atoms with Gasteiger partial charge in [0.1, 0.15) is 5.69 Å². The van der Waals surface area contributed by atoms with Gasteiger partial charge in [-0.2, -0.15) is 0 Å². The Morgan fingerprint density at radius 1 is 1.10 bits per heavy atom. The third kappa shape index (κ3) is 3.24. The van der Waals surface area contributed by atoms with Gasteiger partial charge in [0.15, 0.2) is 0 Å². The zero-order valence-electron chi connectivity index (χ0n) is 10.2. The maximum absolute atomic E-state index is 11.8. The van der Waals surface area contributed by atoms with Gasteiger partial charge in [0.2, 0.25) is 0 Å². The number of para-hydroxylation sites is 2. The molecule has 1 amide bonds. The van der Waals surface area contributed by atoms with Crippen molar-refractivity contribution >= 4 is 28.9 Å². The molecule has 0 aliphatic heterocycles. The van der Waals surface area contributed by atoms with Gasteiger partial charge >= 0.3 is 0 Å². The van der Waals surface area contributed by atoms with Crippen LogP contribution >= 0.6 is 11.6 Å². The molecule has 0 unspecified atom stereocenters. The minimum absolute atomic E-state index is 0.121. The summed E-state index contributed by atoms with van der Waals surface area (Å²) >= 11 is 5.72. The molecule has 2 aromatic rings. The number of nitrogens with one attached hydrogen (secondary N) is 2. The number of halogens is 1. The number of carbonyl (C=O) groups is 1. The van der Waals surface area contributed by atoms with Gasteiger partial charge < -0.3 is 0 Å². The van der Waals surface area contributed by atoms with Crippen molar-refractivity contribution in [2.24, 2.45) is 0 Å². The highest BCUT2D eigenvalue weighted by molar-refractivity contribution is 6.30. The summed E-state index contributed by atoms with van der Waals surface area (Å²) in [6.07, 6.45) is 0. The number of hydrogen-bond acceptors (Lipinski definition) is 4. The predicted molar refractivity (Wildman–Crippen MR) is 75.6 cm³/mol. The van der Waals surface area contributed by atoms with E-state index in [0.717, 1.165) is 0 Å². The first kappa shape index (κ1) is 13.8. The zero-order valence-corrected chi connectivity index (χ0v) is 10.9. The van der Waals surface area contributed by atoms with E-state index in [1.807, 2.05) is 0 Å². The predicted octanol–water partition coefficient (Wildman–Crippen LogP) is 3.01. The lowest BCUT2D eigenvalue weighted by molar-refractivity contribution is -0.384. The van der Waals surface area contributed by atoms with Crippen LogP contribution in [0.25, 0.3) is 0 Å². The average molecular weight is 292 g/mol. The maximum Gasteiger partial charge on any atom is 0.294 e. The average Bonchev–Trinajstić information content (AvgIpc) is 2.45. The van der Waals surface area contributed by atoms with Crippen molar-refractivity contribution in [2.75, 3.05) is 5.43 Å². The van der Waals surface area contributed by atoms with E-state index in [9.17, 15) is 14.9 Å². The third-order valence-electron chi connectivity index (χ3n) is 2.52. The van der Waals surface area contributed by atoms with Crippen molar-refractivity contribution in [2.45, 2.75) is 0 Å². The first-order valence-electron chi connectivity index (χ1n) is 5.63. The van der Waals surface area contributed by atoms with E-state index in [1.165, 1.54) is 12.1 Å². The smallest absolute Gasteiger partial charge is 0.292 e. The van der Waals surface area contributed by atoms with E-state index < -0.39 is 10.8 Å². The molecule has 20 heavy (non-hydrogen) atoms. The minimum atomic E-state index is -0.531. The molecule has 0 saturated heterocycles. The molecular formula is C13H10ClN3O3. The number of rotatable bonds is 4. The largest absolute Gasteiger partial charge is 0.294 e. The first-order valence-corrected chi connectivity index (χ1v) is 6.01. The molecule has 7 heteroatoms. The molecule has 6 nitrogen and oxygen atoms in total. The number of nitro benzene ring substituents is 1. The number of hydrazine groups is 1. The summed E-state index contributed by atoms with van der Waals surface area (Å²) in [6, 6.07) is 12.3. The Morgan fingerprint density at radius 3 is 2.40 bits per heavy atom. The highest BCUT2D eigenvalue weighted by atomic mass is 35.5. The Kier molecular flexibility index (Phi) is 4.17. The molecule has 0 atom stereocenters. The normalized spacial score (nSPS) is 9.85. The molecule has 0 radical (unpaired) electrons. The lowest BCUT2D eigenvalue weighted by Crippen LogP contribution is -2.29. The van der Waals surface area contributed by atoms with E-state index >= 15 is 0 Å². The lowest BCUT2D eigenvalue weighted by Gasteiger charge is -2.08. The monoisotopic (exact) mass is 291 g/mol. The first-order chi connectivity index (χ1) is 9.58. The molecular weight excluding hydrogens is 282 g/mol. The summed E-state index contributed by atoms with van der Waals surface area (Å²) in [4.78, 5) is 22.1. The van der Waals surface area contributed by atoms with Gasteiger partial charge in [-0.25, -0.2) is 0 Å². The molecule has 2 rings (SSSR count). The number of carbonyl (C=O) groups excluding carboxylic acids is 1. The molecule has 0 spiro atoms. The number of nitrogens with zero attached hydrogens (tertiary/aromatic N) is 1. The van der Waals surface area contributed by atoms with Crippen LogP contribution in [0.15, 0.2) is 48.5 Å². The van der Waals surface area contributed by atoms with Crippen molar-refractivity contribution in [3.63, 3.8) is 0 Å². The maximum atomic E-state index is 11.8. The highest BCUT2D eigenvalue weighted by Crippen LogP contribution is 2.22. The molecule has 2 aromatic carbocycles. The van der Waals surface area contributed by atoms with Crippen LogP contribution in [0.1, 0.15) is 10.4 Å². The molecule has 2 N–H and O–H groups in total. The SMILES string of the molecule is O=C(NNc1ccccc1[N+](=O)[O-])c1ccc(Cl)cc1. The van der Waals surface area contributed by atoms with E-state index in [0.29, 0.717) is 10.6 Å². The summed E-state index contributed by atoms with van der Waals surface area (Å²) < 4.78 is 0. The Morgan fingerprint density at radius 2 is 1.75 bits per heavy atom. The van der Waals surface area contributed by atoms with Crippen molar-refractivity contribution in [1.29, 1.82) is 0 Å². The van der Waals surface area contributed by atoms with Gasteiger partial charge in [0.25, 0.3) is 11.6 Å². The molecule has 0 bridgehead atoms. The fourth-order valence-corrected chi connectivity index (χ4v) is 1.66. The minimum Gasteiger partial charge on any atom is -0.292 e. The second-order valence-electron chi connectivity index (χ2n) is 3.86. The Balaban J connectivity index is 2.07. The number of amides is 1. The van der Waals surface area contributed by atoms with Gasteiger partial charge in [-0.15, -0.1) is 0 Å². The molecule has 0 saturated carbocycles. The van der Waals surface area contributed by atoms with Crippen LogP contribution in [0.4, 0.5) is 11.4 Å². The van der Waals surface area contributed by atoms with Crippen LogP contribution in [-0.4, -0.2) is 10.8 Å². The Labute approximate surface area is 119 Å². The highest BCUT2D eigenvalue weighted by Gasteiger charge is 2.13. The Hall–Kier alpha value is -2.60.